The van der Waals surface area contributed by atoms with Gasteiger partial charge in [-0.05, 0) is 48.9 Å². The van der Waals surface area contributed by atoms with Crippen molar-refractivity contribution in [1.82, 2.24) is 15.0 Å². The van der Waals surface area contributed by atoms with Gasteiger partial charge in [-0.15, -0.1) is 0 Å². The number of aromatic nitrogens is 3. The maximum Gasteiger partial charge on any atom is 0.416 e. The minimum Gasteiger partial charge on any atom is -0.455 e. The first-order valence-corrected chi connectivity index (χ1v) is 12.7. The number of hydrogen-bond donors (Lipinski definition) is 1. The van der Waals surface area contributed by atoms with E-state index in [1.54, 1.807) is 31.2 Å². The molecule has 0 fully saturated rings. The smallest absolute Gasteiger partial charge is 0.416 e. The molecule has 1 amide bonds. The summed E-state index contributed by atoms with van der Waals surface area (Å²) in [6.07, 6.45) is -5.07. The lowest BCUT2D eigenvalue weighted by Gasteiger charge is -2.15. The molecule has 5 aromatic rings. The fourth-order valence-electron chi connectivity index (χ4n) is 3.77. The van der Waals surface area contributed by atoms with Crippen LogP contribution in [0.15, 0.2) is 72.8 Å². The summed E-state index contributed by atoms with van der Waals surface area (Å²) in [4.78, 5) is 24.6. The monoisotopic (exact) mass is 568 g/mol. The number of carbonyl (C=O) groups excluding carboxylic acids is 1. The predicted molar refractivity (Wildman–Crippen MR) is 142 cm³/mol. The number of rotatable bonds is 7. The number of benzene rings is 3. The molecular formula is C28H20F4N4O3S. The predicted octanol–water partition coefficient (Wildman–Crippen LogP) is 7.80. The van der Waals surface area contributed by atoms with Gasteiger partial charge in [0.1, 0.15) is 17.4 Å². The number of para-hydroxylation sites is 1. The van der Waals surface area contributed by atoms with Gasteiger partial charge < -0.3 is 14.8 Å². The Labute approximate surface area is 229 Å². The minimum absolute atomic E-state index is 0.0489. The van der Waals surface area contributed by atoms with Crippen LogP contribution in [0.1, 0.15) is 31.1 Å². The van der Waals surface area contributed by atoms with Crippen molar-refractivity contribution in [3.8, 4) is 28.9 Å². The molecule has 0 radical (unpaired) electrons. The van der Waals surface area contributed by atoms with Crippen LogP contribution in [-0.2, 0) is 11.0 Å². The van der Waals surface area contributed by atoms with Crippen molar-refractivity contribution in [3.63, 3.8) is 0 Å². The Balaban J connectivity index is 1.52. The van der Waals surface area contributed by atoms with Crippen molar-refractivity contribution < 1.29 is 31.8 Å². The quantitative estimate of drug-likeness (QED) is 0.202. The number of anilines is 1. The van der Waals surface area contributed by atoms with E-state index in [0.717, 1.165) is 16.8 Å². The number of nitrogens with zero attached hydrogens (tertiary/aromatic N) is 3. The molecule has 0 bridgehead atoms. The second-order valence-corrected chi connectivity index (χ2v) is 9.70. The normalized spacial score (nSPS) is 12.2. The van der Waals surface area contributed by atoms with Gasteiger partial charge in [-0.1, -0.05) is 41.7 Å². The molecule has 1 atom stereocenters. The zero-order chi connectivity index (χ0) is 28.4. The van der Waals surface area contributed by atoms with Crippen LogP contribution in [0.2, 0.25) is 0 Å². The zero-order valence-corrected chi connectivity index (χ0v) is 21.8. The van der Waals surface area contributed by atoms with Gasteiger partial charge in [0.15, 0.2) is 10.9 Å². The molecule has 0 aliphatic rings. The maximum absolute atomic E-state index is 13.4. The Bertz CT molecular complexity index is 1670. The average Bonchev–Trinajstić information content (AvgIpc) is 3.31. The molecule has 204 valence electrons. The Morgan fingerprint density at radius 1 is 0.975 bits per heavy atom. The van der Waals surface area contributed by atoms with Gasteiger partial charge in [-0.2, -0.15) is 23.1 Å². The fraction of sp³-hybridized carbons (Fsp3) is 0.143. The van der Waals surface area contributed by atoms with Crippen LogP contribution in [0.5, 0.6) is 17.6 Å². The molecule has 5 rings (SSSR count). The van der Waals surface area contributed by atoms with Gasteiger partial charge in [-0.25, -0.2) is 9.37 Å². The molecule has 0 spiro atoms. The lowest BCUT2D eigenvalue weighted by Crippen LogP contribution is -2.07. The standard InChI is InChI=1S/C28H20F4N4O3S/c1-15(17-8-12-20(29)13-9-17)38-26-34-21(18-6-10-19(11-7-18)28(30,31)32)14-24(35-26)39-22-4-3-5-23-25(22)36-27(40-23)33-16(2)37/h3-15H,1-2H3,(H,33,36,37). The van der Waals surface area contributed by atoms with E-state index in [2.05, 4.69) is 20.3 Å². The summed E-state index contributed by atoms with van der Waals surface area (Å²) in [7, 11) is 0. The van der Waals surface area contributed by atoms with Crippen molar-refractivity contribution in [2.45, 2.75) is 26.1 Å². The number of alkyl halides is 3. The summed E-state index contributed by atoms with van der Waals surface area (Å²) in [6, 6.07) is 16.8. The molecule has 40 heavy (non-hydrogen) atoms. The molecule has 7 nitrogen and oxygen atoms in total. The van der Waals surface area contributed by atoms with Crippen molar-refractivity contribution in [2.24, 2.45) is 0 Å². The molecule has 0 saturated carbocycles. The van der Waals surface area contributed by atoms with Crippen molar-refractivity contribution >= 4 is 32.6 Å². The number of hydrogen-bond acceptors (Lipinski definition) is 7. The summed E-state index contributed by atoms with van der Waals surface area (Å²) in [5.74, 6) is -0.284. The summed E-state index contributed by atoms with van der Waals surface area (Å²) < 4.78 is 65.4. The van der Waals surface area contributed by atoms with E-state index in [1.165, 1.54) is 48.6 Å². The second-order valence-electron chi connectivity index (χ2n) is 8.67. The largest absolute Gasteiger partial charge is 0.455 e. The number of nitrogens with one attached hydrogen (secondary N) is 1. The Hall–Kier alpha value is -4.58. The highest BCUT2D eigenvalue weighted by atomic mass is 32.1. The number of amides is 1. The van der Waals surface area contributed by atoms with Gasteiger partial charge in [0.05, 0.1) is 16.0 Å². The van der Waals surface area contributed by atoms with Crippen molar-refractivity contribution in [3.05, 3.63) is 89.7 Å². The van der Waals surface area contributed by atoms with Crippen LogP contribution >= 0.6 is 11.3 Å². The van der Waals surface area contributed by atoms with Gasteiger partial charge in [0.2, 0.25) is 11.8 Å². The molecule has 0 saturated heterocycles. The number of halogens is 4. The highest BCUT2D eigenvalue weighted by molar-refractivity contribution is 7.22. The average molecular weight is 569 g/mol. The molecule has 2 heterocycles. The van der Waals surface area contributed by atoms with Crippen molar-refractivity contribution in [2.75, 3.05) is 5.32 Å². The molecule has 2 aromatic heterocycles. The third-order valence-electron chi connectivity index (χ3n) is 5.69. The van der Waals surface area contributed by atoms with E-state index in [9.17, 15) is 22.4 Å². The van der Waals surface area contributed by atoms with E-state index in [1.807, 2.05) is 6.07 Å². The summed E-state index contributed by atoms with van der Waals surface area (Å²) in [5, 5.41) is 3.04. The summed E-state index contributed by atoms with van der Waals surface area (Å²) in [5.41, 5.74) is 0.968. The van der Waals surface area contributed by atoms with Gasteiger partial charge >= 0.3 is 12.2 Å². The highest BCUT2D eigenvalue weighted by Gasteiger charge is 2.30. The first-order chi connectivity index (χ1) is 19.0. The fourth-order valence-corrected chi connectivity index (χ4v) is 4.70. The molecule has 1 unspecified atom stereocenters. The number of fused-ring (bicyclic) bond motifs is 1. The van der Waals surface area contributed by atoms with Gasteiger partial charge in [0, 0.05) is 18.6 Å². The van der Waals surface area contributed by atoms with E-state index in [0.29, 0.717) is 27.5 Å². The van der Waals surface area contributed by atoms with Crippen LogP contribution in [0.4, 0.5) is 22.7 Å². The molecule has 3 aromatic carbocycles. The van der Waals surface area contributed by atoms with Crippen LogP contribution in [-0.4, -0.2) is 20.9 Å². The number of carbonyl (C=O) groups is 1. The summed E-state index contributed by atoms with van der Waals surface area (Å²) in [6.45, 7) is 3.10. The van der Waals surface area contributed by atoms with Gasteiger partial charge in [-0.3, -0.25) is 4.79 Å². The Morgan fingerprint density at radius 2 is 1.70 bits per heavy atom. The number of ether oxygens (including phenoxy) is 2. The number of thiazole rings is 1. The topological polar surface area (TPSA) is 86.2 Å². The molecule has 0 aliphatic carbocycles. The lowest BCUT2D eigenvalue weighted by atomic mass is 10.1. The van der Waals surface area contributed by atoms with E-state index >= 15 is 0 Å². The van der Waals surface area contributed by atoms with Crippen LogP contribution in [0, 0.1) is 5.82 Å². The van der Waals surface area contributed by atoms with E-state index in [-0.39, 0.29) is 23.5 Å². The van der Waals surface area contributed by atoms with Crippen molar-refractivity contribution in [1.29, 1.82) is 0 Å². The molecule has 12 heteroatoms. The molecule has 1 N–H and O–H groups in total. The first-order valence-electron chi connectivity index (χ1n) is 11.9. The van der Waals surface area contributed by atoms with Crippen LogP contribution in [0.25, 0.3) is 21.5 Å². The summed E-state index contributed by atoms with van der Waals surface area (Å²) >= 11 is 1.26. The lowest BCUT2D eigenvalue weighted by molar-refractivity contribution is -0.137. The SMILES string of the molecule is CC(=O)Nc1nc2c(Oc3cc(-c4ccc(C(F)(F)F)cc4)nc(OC(C)c4ccc(F)cc4)n3)cccc2s1. The Kier molecular flexibility index (Phi) is 7.35. The zero-order valence-electron chi connectivity index (χ0n) is 21.0. The maximum atomic E-state index is 13.4. The Morgan fingerprint density at radius 3 is 2.38 bits per heavy atom. The second kappa shape index (κ2) is 10.9. The first kappa shape index (κ1) is 27.0. The highest BCUT2D eigenvalue weighted by Crippen LogP contribution is 2.36. The van der Waals surface area contributed by atoms with Crippen LogP contribution in [0.3, 0.4) is 0 Å². The van der Waals surface area contributed by atoms with E-state index < -0.39 is 23.7 Å². The van der Waals surface area contributed by atoms with Gasteiger partial charge in [0.25, 0.3) is 0 Å². The minimum atomic E-state index is -4.49. The van der Waals surface area contributed by atoms with E-state index in [4.69, 9.17) is 9.47 Å². The third-order valence-corrected chi connectivity index (χ3v) is 6.63. The molecular weight excluding hydrogens is 548 g/mol. The third kappa shape index (κ3) is 6.18. The van der Waals surface area contributed by atoms with Crippen LogP contribution < -0.4 is 14.8 Å². The molecule has 0 aliphatic heterocycles.